The summed E-state index contributed by atoms with van der Waals surface area (Å²) in [5.41, 5.74) is 1.95. The van der Waals surface area contributed by atoms with Gasteiger partial charge in [0.15, 0.2) is 5.96 Å². The van der Waals surface area contributed by atoms with E-state index in [0.717, 1.165) is 49.4 Å². The van der Waals surface area contributed by atoms with Crippen LogP contribution in [0.4, 0.5) is 5.95 Å². The molecule has 1 saturated heterocycles. The Morgan fingerprint density at radius 2 is 1.89 bits per heavy atom. The molecule has 27 heavy (non-hydrogen) atoms. The maximum Gasteiger partial charge on any atom is 0.225 e. The third kappa shape index (κ3) is 4.46. The molecule has 0 spiro atoms. The van der Waals surface area contributed by atoms with Gasteiger partial charge in [-0.1, -0.05) is 6.07 Å². The minimum absolute atomic E-state index is 0. The molecule has 1 aliphatic heterocycles. The molecule has 0 atom stereocenters. The minimum Gasteiger partial charge on any atom is -0.351 e. The summed E-state index contributed by atoms with van der Waals surface area (Å²) in [5, 5.41) is 3.42. The number of anilines is 1. The van der Waals surface area contributed by atoms with Gasteiger partial charge in [-0.3, -0.25) is 4.99 Å². The number of nitrogens with zero attached hydrogens (tertiary/aromatic N) is 7. The van der Waals surface area contributed by atoms with Crippen LogP contribution in [0, 0.1) is 0 Å². The van der Waals surface area contributed by atoms with Gasteiger partial charge in [0.05, 0.1) is 12.2 Å². The largest absolute Gasteiger partial charge is 0.351 e. The van der Waals surface area contributed by atoms with Crippen molar-refractivity contribution < 1.29 is 0 Å². The Hall–Kier alpha value is -2.43. The lowest BCUT2D eigenvalue weighted by molar-refractivity contribution is 0.370. The summed E-state index contributed by atoms with van der Waals surface area (Å²) in [5.74, 6) is 1.69. The molecule has 9 heteroatoms. The highest BCUT2D eigenvalue weighted by Gasteiger charge is 2.21. The van der Waals surface area contributed by atoms with E-state index in [-0.39, 0.29) is 24.0 Å². The van der Waals surface area contributed by atoms with Crippen molar-refractivity contribution in [1.82, 2.24) is 29.6 Å². The summed E-state index contributed by atoms with van der Waals surface area (Å²) >= 11 is 0. The molecule has 0 bridgehead atoms. The summed E-state index contributed by atoms with van der Waals surface area (Å²) in [6.07, 6.45) is 7.61. The van der Waals surface area contributed by atoms with E-state index in [9.17, 15) is 0 Å². The van der Waals surface area contributed by atoms with Gasteiger partial charge in [0.25, 0.3) is 0 Å². The number of hydrogen-bond acceptors (Lipinski definition) is 5. The number of guanidine groups is 1. The molecule has 1 N–H and O–H groups in total. The Morgan fingerprint density at radius 1 is 1.11 bits per heavy atom. The van der Waals surface area contributed by atoms with Gasteiger partial charge in [-0.05, 0) is 18.2 Å². The van der Waals surface area contributed by atoms with Crippen LogP contribution >= 0.6 is 24.0 Å². The molecule has 1 fully saturated rings. The van der Waals surface area contributed by atoms with Crippen molar-refractivity contribution in [2.24, 2.45) is 4.99 Å². The number of nitrogens with one attached hydrogen (secondary N) is 1. The first-order chi connectivity index (χ1) is 12.8. The van der Waals surface area contributed by atoms with Gasteiger partial charge in [0.1, 0.15) is 5.65 Å². The maximum absolute atomic E-state index is 4.62. The molecule has 3 aromatic heterocycles. The topological polar surface area (TPSA) is 74.0 Å². The molecular weight excluding hydrogens is 455 g/mol. The quantitative estimate of drug-likeness (QED) is 0.351. The lowest BCUT2D eigenvalue weighted by Crippen LogP contribution is -2.52. The summed E-state index contributed by atoms with van der Waals surface area (Å²) in [7, 11) is 1.82. The van der Waals surface area contributed by atoms with Crippen molar-refractivity contribution in [1.29, 1.82) is 0 Å². The monoisotopic (exact) mass is 478 g/mol. The van der Waals surface area contributed by atoms with E-state index < -0.39 is 0 Å². The molecule has 8 nitrogen and oxygen atoms in total. The van der Waals surface area contributed by atoms with Crippen LogP contribution in [-0.4, -0.2) is 63.4 Å². The zero-order valence-electron chi connectivity index (χ0n) is 15.2. The van der Waals surface area contributed by atoms with E-state index in [0.29, 0.717) is 6.54 Å². The predicted octanol–water partition coefficient (Wildman–Crippen LogP) is 1.64. The fraction of sp³-hybridized carbons (Fsp3) is 0.333. The number of piperazine rings is 1. The molecule has 3 aromatic rings. The fourth-order valence-electron chi connectivity index (χ4n) is 3.15. The first kappa shape index (κ1) is 19.3. The standard InChI is InChI=1S/C18H22N8.HI/c1-19-17(22-13-15-14-26-8-3-2-5-16(26)23-15)24-9-11-25(12-10-24)18-20-6-4-7-21-18;/h2-8,14H,9-13H2,1H3,(H,19,22);1H. The number of hydrogen-bond donors (Lipinski definition) is 1. The Kier molecular flexibility index (Phi) is 6.43. The molecule has 0 unspecified atom stereocenters. The lowest BCUT2D eigenvalue weighted by Gasteiger charge is -2.36. The summed E-state index contributed by atoms with van der Waals surface area (Å²) in [4.78, 5) is 22.2. The molecule has 0 radical (unpaired) electrons. The number of fused-ring (bicyclic) bond motifs is 1. The van der Waals surface area contributed by atoms with Gasteiger partial charge < -0.3 is 19.5 Å². The highest BCUT2D eigenvalue weighted by Crippen LogP contribution is 2.10. The van der Waals surface area contributed by atoms with E-state index >= 15 is 0 Å². The second-order valence-electron chi connectivity index (χ2n) is 6.12. The van der Waals surface area contributed by atoms with Crippen LogP contribution in [0.1, 0.15) is 5.69 Å². The Morgan fingerprint density at radius 3 is 2.59 bits per heavy atom. The lowest BCUT2D eigenvalue weighted by atomic mass is 10.3. The third-order valence-corrected chi connectivity index (χ3v) is 4.47. The molecule has 1 aliphatic rings. The van der Waals surface area contributed by atoms with Gasteiger partial charge in [0.2, 0.25) is 5.95 Å². The van der Waals surface area contributed by atoms with E-state index in [1.54, 1.807) is 12.4 Å². The van der Waals surface area contributed by atoms with Crippen molar-refractivity contribution in [2.45, 2.75) is 6.54 Å². The highest BCUT2D eigenvalue weighted by atomic mass is 127. The average Bonchev–Trinajstić information content (AvgIpc) is 3.12. The summed E-state index contributed by atoms with van der Waals surface area (Å²) in [6.45, 7) is 4.15. The maximum atomic E-state index is 4.62. The van der Waals surface area contributed by atoms with Crippen LogP contribution < -0.4 is 10.2 Å². The van der Waals surface area contributed by atoms with Gasteiger partial charge in [-0.2, -0.15) is 0 Å². The number of pyridine rings is 1. The van der Waals surface area contributed by atoms with E-state index in [2.05, 4.69) is 35.1 Å². The van der Waals surface area contributed by atoms with Crippen molar-refractivity contribution in [3.63, 3.8) is 0 Å². The van der Waals surface area contributed by atoms with Gasteiger partial charge >= 0.3 is 0 Å². The molecule has 0 saturated carbocycles. The Balaban J connectivity index is 0.00000210. The first-order valence-corrected chi connectivity index (χ1v) is 8.73. The minimum atomic E-state index is 0. The van der Waals surface area contributed by atoms with Crippen LogP contribution in [0.3, 0.4) is 0 Å². The zero-order valence-corrected chi connectivity index (χ0v) is 17.5. The Labute approximate surface area is 175 Å². The highest BCUT2D eigenvalue weighted by molar-refractivity contribution is 14.0. The van der Waals surface area contributed by atoms with Crippen LogP contribution in [0.2, 0.25) is 0 Å². The van der Waals surface area contributed by atoms with Gasteiger partial charge in [-0.25, -0.2) is 15.0 Å². The predicted molar refractivity (Wildman–Crippen MR) is 117 cm³/mol. The number of imidazole rings is 1. The Bertz CT molecular complexity index is 854. The van der Waals surface area contributed by atoms with Gasteiger partial charge in [0, 0.05) is 58.0 Å². The number of aliphatic imine (C=N–C) groups is 1. The van der Waals surface area contributed by atoms with Crippen molar-refractivity contribution >= 4 is 41.5 Å². The van der Waals surface area contributed by atoms with Crippen LogP contribution in [0.5, 0.6) is 0 Å². The SMILES string of the molecule is CN=C(NCc1cn2ccccc2n1)N1CCN(c2ncccn2)CC1.I. The van der Waals surface area contributed by atoms with E-state index in [1.807, 2.05) is 48.1 Å². The van der Waals surface area contributed by atoms with Crippen LogP contribution in [0.15, 0.2) is 54.0 Å². The molecule has 0 aliphatic carbocycles. The van der Waals surface area contributed by atoms with Crippen molar-refractivity contribution in [3.8, 4) is 0 Å². The summed E-state index contributed by atoms with van der Waals surface area (Å²) < 4.78 is 2.03. The molecular formula is C18H23IN8. The molecule has 4 heterocycles. The van der Waals surface area contributed by atoms with E-state index in [1.165, 1.54) is 0 Å². The molecule has 142 valence electrons. The number of aromatic nitrogens is 4. The first-order valence-electron chi connectivity index (χ1n) is 8.73. The second kappa shape index (κ2) is 8.98. The zero-order chi connectivity index (χ0) is 17.8. The van der Waals surface area contributed by atoms with Crippen molar-refractivity contribution in [2.75, 3.05) is 38.1 Å². The fourth-order valence-corrected chi connectivity index (χ4v) is 3.15. The normalized spacial score (nSPS) is 14.9. The smallest absolute Gasteiger partial charge is 0.225 e. The van der Waals surface area contributed by atoms with Crippen LogP contribution in [0.25, 0.3) is 5.65 Å². The number of halogens is 1. The number of rotatable bonds is 3. The summed E-state index contributed by atoms with van der Waals surface area (Å²) in [6, 6.07) is 7.84. The van der Waals surface area contributed by atoms with Crippen LogP contribution in [-0.2, 0) is 6.54 Å². The third-order valence-electron chi connectivity index (χ3n) is 4.47. The van der Waals surface area contributed by atoms with Gasteiger partial charge in [-0.15, -0.1) is 24.0 Å². The molecule has 0 aromatic carbocycles. The van der Waals surface area contributed by atoms with E-state index in [4.69, 9.17) is 0 Å². The van der Waals surface area contributed by atoms with Crippen molar-refractivity contribution in [3.05, 3.63) is 54.7 Å². The molecule has 4 rings (SSSR count). The second-order valence-corrected chi connectivity index (χ2v) is 6.12. The average molecular weight is 478 g/mol. The molecule has 0 amide bonds.